The number of anilines is 1. The van der Waals surface area contributed by atoms with Crippen LogP contribution in [0.2, 0.25) is 0 Å². The van der Waals surface area contributed by atoms with Gasteiger partial charge in [0.15, 0.2) is 0 Å². The molecule has 0 unspecified atom stereocenters. The Balaban J connectivity index is 3.72. The zero-order valence-corrected chi connectivity index (χ0v) is 11.9. The van der Waals surface area contributed by atoms with Crippen molar-refractivity contribution in [1.82, 2.24) is 0 Å². The Morgan fingerprint density at radius 1 is 1.47 bits per heavy atom. The highest BCUT2D eigenvalue weighted by Gasteiger charge is 2.28. The predicted octanol–water partition coefficient (Wildman–Crippen LogP) is 3.04. The number of hydrogen-bond donors (Lipinski definition) is 2. The van der Waals surface area contributed by atoms with Crippen molar-refractivity contribution < 1.29 is 14.6 Å². The smallest absolute Gasteiger partial charge is 0.339 e. The van der Waals surface area contributed by atoms with Crippen molar-refractivity contribution in [2.75, 3.05) is 12.8 Å². The Kier molecular flexibility index (Phi) is 3.71. The second-order valence-electron chi connectivity index (χ2n) is 4.78. The Morgan fingerprint density at radius 2 is 2.00 bits per heavy atom. The van der Waals surface area contributed by atoms with Crippen LogP contribution < -0.4 is 10.5 Å². The van der Waals surface area contributed by atoms with E-state index in [0.29, 0.717) is 21.5 Å². The van der Waals surface area contributed by atoms with E-state index in [2.05, 4.69) is 15.9 Å². The molecule has 0 atom stereocenters. The first-order valence-electron chi connectivity index (χ1n) is 5.10. The van der Waals surface area contributed by atoms with Crippen molar-refractivity contribution in [2.24, 2.45) is 0 Å². The zero-order chi connectivity index (χ0) is 13.4. The first kappa shape index (κ1) is 13.8. The molecule has 4 nitrogen and oxygen atoms in total. The van der Waals surface area contributed by atoms with Crippen LogP contribution in [0.1, 0.15) is 36.7 Å². The van der Waals surface area contributed by atoms with E-state index in [1.165, 1.54) is 13.2 Å². The average Bonchev–Trinajstić information content (AvgIpc) is 2.18. The summed E-state index contributed by atoms with van der Waals surface area (Å²) in [5.74, 6) is -0.709. The third kappa shape index (κ3) is 2.54. The molecule has 0 spiro atoms. The number of nitrogens with two attached hydrogens (primary N) is 1. The molecule has 1 aromatic rings. The number of halogens is 1. The fourth-order valence-electron chi connectivity index (χ4n) is 1.76. The first-order chi connectivity index (χ1) is 7.70. The SMILES string of the molecule is COc1c(C(=O)O)cc(Br)c(N)c1C(C)(C)C. The molecule has 0 saturated heterocycles. The number of carboxylic acid groups (broad SMARTS) is 1. The van der Waals surface area contributed by atoms with Crippen molar-refractivity contribution >= 4 is 27.6 Å². The lowest BCUT2D eigenvalue weighted by Gasteiger charge is -2.25. The van der Waals surface area contributed by atoms with E-state index in [4.69, 9.17) is 15.6 Å². The number of carbonyl (C=O) groups is 1. The van der Waals surface area contributed by atoms with Gasteiger partial charge in [-0.1, -0.05) is 20.8 Å². The number of benzene rings is 1. The summed E-state index contributed by atoms with van der Waals surface area (Å²) in [6.45, 7) is 5.87. The van der Waals surface area contributed by atoms with Crippen molar-refractivity contribution in [3.05, 3.63) is 21.7 Å². The molecule has 0 aliphatic rings. The Bertz CT molecular complexity index is 464. The monoisotopic (exact) mass is 301 g/mol. The minimum absolute atomic E-state index is 0.110. The average molecular weight is 302 g/mol. The maximum atomic E-state index is 11.2. The Hall–Kier alpha value is -1.23. The highest BCUT2D eigenvalue weighted by molar-refractivity contribution is 9.10. The van der Waals surface area contributed by atoms with Crippen LogP contribution in [-0.4, -0.2) is 18.2 Å². The second-order valence-corrected chi connectivity index (χ2v) is 5.64. The van der Waals surface area contributed by atoms with E-state index in [9.17, 15) is 4.79 Å². The molecule has 0 amide bonds. The molecular formula is C12H16BrNO3. The molecule has 0 radical (unpaired) electrons. The lowest BCUT2D eigenvalue weighted by atomic mass is 9.84. The fourth-order valence-corrected chi connectivity index (χ4v) is 2.19. The van der Waals surface area contributed by atoms with Crippen LogP contribution in [0.25, 0.3) is 0 Å². The van der Waals surface area contributed by atoms with Gasteiger partial charge in [-0.2, -0.15) is 0 Å². The first-order valence-corrected chi connectivity index (χ1v) is 5.89. The van der Waals surface area contributed by atoms with Crippen LogP contribution in [0.4, 0.5) is 5.69 Å². The van der Waals surface area contributed by atoms with Gasteiger partial charge in [-0.3, -0.25) is 0 Å². The molecule has 0 fully saturated rings. The summed E-state index contributed by atoms with van der Waals surface area (Å²) in [5, 5.41) is 9.16. The van der Waals surface area contributed by atoms with Gasteiger partial charge >= 0.3 is 5.97 Å². The second kappa shape index (κ2) is 4.56. The fraction of sp³-hybridized carbons (Fsp3) is 0.417. The van der Waals surface area contributed by atoms with E-state index in [1.807, 2.05) is 20.8 Å². The summed E-state index contributed by atoms with van der Waals surface area (Å²) in [5.41, 5.74) is 7.02. The topological polar surface area (TPSA) is 72.5 Å². The van der Waals surface area contributed by atoms with Crippen molar-refractivity contribution in [3.8, 4) is 5.75 Å². The minimum atomic E-state index is -1.03. The molecule has 1 aromatic carbocycles. The van der Waals surface area contributed by atoms with Gasteiger partial charge in [0.05, 0.1) is 12.8 Å². The van der Waals surface area contributed by atoms with Gasteiger partial charge in [-0.05, 0) is 27.4 Å². The number of ether oxygens (including phenoxy) is 1. The molecule has 3 N–H and O–H groups in total. The summed E-state index contributed by atoms with van der Waals surface area (Å²) in [6.07, 6.45) is 0. The highest BCUT2D eigenvalue weighted by atomic mass is 79.9. The van der Waals surface area contributed by atoms with Crippen LogP contribution in [0.15, 0.2) is 10.5 Å². The maximum Gasteiger partial charge on any atom is 0.339 e. The van der Waals surface area contributed by atoms with Gasteiger partial charge in [0, 0.05) is 10.0 Å². The highest BCUT2D eigenvalue weighted by Crippen LogP contribution is 2.42. The van der Waals surface area contributed by atoms with Crippen molar-refractivity contribution in [2.45, 2.75) is 26.2 Å². The Labute approximate surface area is 109 Å². The van der Waals surface area contributed by atoms with Crippen LogP contribution in [0.3, 0.4) is 0 Å². The number of carboxylic acids is 1. The normalized spacial score (nSPS) is 11.4. The largest absolute Gasteiger partial charge is 0.495 e. The zero-order valence-electron chi connectivity index (χ0n) is 10.3. The quantitative estimate of drug-likeness (QED) is 0.824. The van der Waals surface area contributed by atoms with Gasteiger partial charge in [0.2, 0.25) is 0 Å². The van der Waals surface area contributed by atoms with Gasteiger partial charge in [0.25, 0.3) is 0 Å². The molecule has 0 aliphatic heterocycles. The molecule has 0 saturated carbocycles. The standard InChI is InChI=1S/C12H16BrNO3/c1-12(2,3)8-9(14)7(13)5-6(11(15)16)10(8)17-4/h5H,14H2,1-4H3,(H,15,16). The maximum absolute atomic E-state index is 11.2. The third-order valence-electron chi connectivity index (χ3n) is 2.45. The summed E-state index contributed by atoms with van der Waals surface area (Å²) in [4.78, 5) is 11.2. The summed E-state index contributed by atoms with van der Waals surface area (Å²) < 4.78 is 5.79. The Morgan fingerprint density at radius 3 is 2.35 bits per heavy atom. The number of nitrogen functional groups attached to an aromatic ring is 1. The van der Waals surface area contributed by atoms with Gasteiger partial charge < -0.3 is 15.6 Å². The lowest BCUT2D eigenvalue weighted by Crippen LogP contribution is -2.18. The van der Waals surface area contributed by atoms with E-state index < -0.39 is 5.97 Å². The number of aromatic carboxylic acids is 1. The van der Waals surface area contributed by atoms with Crippen LogP contribution >= 0.6 is 15.9 Å². The molecule has 0 aromatic heterocycles. The van der Waals surface area contributed by atoms with Gasteiger partial charge in [-0.25, -0.2) is 4.79 Å². The lowest BCUT2D eigenvalue weighted by molar-refractivity contribution is 0.0693. The van der Waals surface area contributed by atoms with Crippen molar-refractivity contribution in [3.63, 3.8) is 0 Å². The molecule has 0 aliphatic carbocycles. The van der Waals surface area contributed by atoms with E-state index in [-0.39, 0.29) is 11.0 Å². The molecular weight excluding hydrogens is 286 g/mol. The number of methoxy groups -OCH3 is 1. The third-order valence-corrected chi connectivity index (χ3v) is 3.11. The molecule has 5 heteroatoms. The molecule has 1 rings (SSSR count). The predicted molar refractivity (Wildman–Crippen MR) is 70.8 cm³/mol. The minimum Gasteiger partial charge on any atom is -0.495 e. The number of hydrogen-bond acceptors (Lipinski definition) is 3. The van der Waals surface area contributed by atoms with Crippen molar-refractivity contribution in [1.29, 1.82) is 0 Å². The van der Waals surface area contributed by atoms with Gasteiger partial charge in [0.1, 0.15) is 11.3 Å². The summed E-state index contributed by atoms with van der Waals surface area (Å²) in [7, 11) is 1.45. The van der Waals surface area contributed by atoms with Crippen LogP contribution in [0.5, 0.6) is 5.75 Å². The van der Waals surface area contributed by atoms with Crippen LogP contribution in [-0.2, 0) is 5.41 Å². The summed E-state index contributed by atoms with van der Waals surface area (Å²) in [6, 6.07) is 1.46. The molecule has 0 heterocycles. The van der Waals surface area contributed by atoms with Crippen LogP contribution in [0, 0.1) is 0 Å². The summed E-state index contributed by atoms with van der Waals surface area (Å²) >= 11 is 3.28. The molecule has 94 valence electrons. The molecule has 0 bridgehead atoms. The van der Waals surface area contributed by atoms with Gasteiger partial charge in [-0.15, -0.1) is 0 Å². The number of rotatable bonds is 2. The van der Waals surface area contributed by atoms with E-state index in [1.54, 1.807) is 0 Å². The van der Waals surface area contributed by atoms with E-state index >= 15 is 0 Å². The van der Waals surface area contributed by atoms with E-state index in [0.717, 1.165) is 0 Å². The molecule has 17 heavy (non-hydrogen) atoms.